The van der Waals surface area contributed by atoms with E-state index in [1.165, 1.54) is 12.0 Å². The van der Waals surface area contributed by atoms with E-state index in [1.807, 2.05) is 31.5 Å². The number of methoxy groups -OCH3 is 1. The van der Waals surface area contributed by atoms with Crippen molar-refractivity contribution in [2.45, 2.75) is 51.1 Å². The number of ether oxygens (including phenoxy) is 1. The first-order chi connectivity index (χ1) is 14.6. The van der Waals surface area contributed by atoms with E-state index in [1.54, 1.807) is 7.11 Å². The maximum Gasteiger partial charge on any atom is 0.225 e. The highest BCUT2D eigenvalue weighted by molar-refractivity contribution is 5.78. The van der Waals surface area contributed by atoms with Gasteiger partial charge in [-0.3, -0.25) is 4.79 Å². The molecule has 3 aliphatic rings. The summed E-state index contributed by atoms with van der Waals surface area (Å²) >= 11 is 0. The third kappa shape index (κ3) is 3.53. The van der Waals surface area contributed by atoms with Crippen molar-refractivity contribution >= 4 is 11.9 Å². The molecule has 6 nitrogen and oxygen atoms in total. The van der Waals surface area contributed by atoms with Crippen LogP contribution < -0.4 is 9.64 Å². The van der Waals surface area contributed by atoms with Gasteiger partial charge in [0.05, 0.1) is 7.11 Å². The minimum atomic E-state index is 0.222. The number of benzene rings is 1. The van der Waals surface area contributed by atoms with Crippen LogP contribution in [0.15, 0.2) is 36.7 Å². The van der Waals surface area contributed by atoms with Gasteiger partial charge in [-0.15, -0.1) is 0 Å². The average Bonchev–Trinajstić information content (AvgIpc) is 2.77. The Kier molecular flexibility index (Phi) is 5.09. The Morgan fingerprint density at radius 1 is 1.17 bits per heavy atom. The zero-order valence-electron chi connectivity index (χ0n) is 17.8. The number of aromatic nitrogens is 2. The van der Waals surface area contributed by atoms with Gasteiger partial charge in [-0.2, -0.15) is 0 Å². The Labute approximate surface area is 178 Å². The number of piperidine rings is 3. The Hall–Kier alpha value is -2.63. The number of hydrogen-bond acceptors (Lipinski definition) is 5. The molecular formula is C24H30N4O2. The van der Waals surface area contributed by atoms with Crippen LogP contribution in [0.2, 0.25) is 0 Å². The summed E-state index contributed by atoms with van der Waals surface area (Å²) in [5.74, 6) is 2.97. The molecule has 0 radical (unpaired) electrons. The SMILES string of the molecule is COc1cccc(C[C@H]2[C@H]3C[C@H](CN(c4ncc(C)cn4)C3)[C@@H]3CCCC(=O)N32)c1. The van der Waals surface area contributed by atoms with E-state index >= 15 is 0 Å². The molecule has 0 unspecified atom stereocenters. The minimum Gasteiger partial charge on any atom is -0.497 e. The maximum absolute atomic E-state index is 13.0. The predicted octanol–water partition coefficient (Wildman–Crippen LogP) is 3.24. The standard InChI is InChI=1S/C24H30N4O2/c1-16-12-25-24(26-13-16)27-14-18-11-19(15-27)22(28-21(18)7-4-8-23(28)29)10-17-5-3-6-20(9-17)30-2/h3,5-6,9,12-13,18-19,21-22H,4,7-8,10-11,14-15H2,1-2H3/t18-,19+,21+,22+/m1/s1. The first-order valence-electron chi connectivity index (χ1n) is 11.1. The number of hydrogen-bond donors (Lipinski definition) is 0. The molecule has 1 aromatic heterocycles. The second kappa shape index (κ2) is 7.89. The molecule has 158 valence electrons. The van der Waals surface area contributed by atoms with Crippen LogP contribution in [-0.2, 0) is 11.2 Å². The van der Waals surface area contributed by atoms with E-state index < -0.39 is 0 Å². The van der Waals surface area contributed by atoms with E-state index in [4.69, 9.17) is 4.74 Å². The van der Waals surface area contributed by atoms with Gasteiger partial charge in [0.2, 0.25) is 11.9 Å². The van der Waals surface area contributed by atoms with Crippen molar-refractivity contribution in [1.29, 1.82) is 0 Å². The van der Waals surface area contributed by atoms with Gasteiger partial charge < -0.3 is 14.5 Å². The Morgan fingerprint density at radius 2 is 1.97 bits per heavy atom. The molecule has 0 aliphatic carbocycles. The van der Waals surface area contributed by atoms with Crippen molar-refractivity contribution < 1.29 is 9.53 Å². The highest BCUT2D eigenvalue weighted by Crippen LogP contribution is 2.43. The normalized spacial score (nSPS) is 28.3. The topological polar surface area (TPSA) is 58.6 Å². The van der Waals surface area contributed by atoms with Crippen molar-refractivity contribution in [3.8, 4) is 5.75 Å². The third-order valence-corrected chi connectivity index (χ3v) is 7.13. The second-order valence-electron chi connectivity index (χ2n) is 9.10. The summed E-state index contributed by atoms with van der Waals surface area (Å²) in [6.45, 7) is 3.87. The Morgan fingerprint density at radius 3 is 2.77 bits per heavy atom. The highest BCUT2D eigenvalue weighted by Gasteiger charge is 2.49. The largest absolute Gasteiger partial charge is 0.497 e. The lowest BCUT2D eigenvalue weighted by Crippen LogP contribution is -2.65. The first kappa shape index (κ1) is 19.3. The van der Waals surface area contributed by atoms with Crippen molar-refractivity contribution in [1.82, 2.24) is 14.9 Å². The zero-order chi connectivity index (χ0) is 20.7. The molecule has 6 heteroatoms. The van der Waals surface area contributed by atoms with Gasteiger partial charge in [0.25, 0.3) is 0 Å². The van der Waals surface area contributed by atoms with Crippen LogP contribution in [0.3, 0.4) is 0 Å². The average molecular weight is 407 g/mol. The smallest absolute Gasteiger partial charge is 0.225 e. The van der Waals surface area contributed by atoms with Crippen LogP contribution in [0.25, 0.3) is 0 Å². The lowest BCUT2D eigenvalue weighted by molar-refractivity contribution is -0.148. The van der Waals surface area contributed by atoms with Gasteiger partial charge in [-0.1, -0.05) is 12.1 Å². The summed E-state index contributed by atoms with van der Waals surface area (Å²) in [6.07, 6.45) is 8.67. The lowest BCUT2D eigenvalue weighted by atomic mass is 9.71. The van der Waals surface area contributed by atoms with Crippen molar-refractivity contribution in [2.75, 3.05) is 25.1 Å². The van der Waals surface area contributed by atoms with Gasteiger partial charge >= 0.3 is 0 Å². The number of carbonyl (C=O) groups is 1. The summed E-state index contributed by atoms with van der Waals surface area (Å²) in [5.41, 5.74) is 2.31. The molecule has 2 aromatic rings. The van der Waals surface area contributed by atoms with Crippen LogP contribution in [0, 0.1) is 18.8 Å². The molecule has 0 saturated carbocycles. The van der Waals surface area contributed by atoms with Crippen LogP contribution in [-0.4, -0.2) is 53.1 Å². The summed E-state index contributed by atoms with van der Waals surface area (Å²) in [4.78, 5) is 26.9. The molecule has 5 rings (SSSR count). The number of amides is 1. The summed E-state index contributed by atoms with van der Waals surface area (Å²) < 4.78 is 5.43. The molecule has 3 aliphatic heterocycles. The van der Waals surface area contributed by atoms with Gasteiger partial charge in [-0.05, 0) is 67.7 Å². The highest BCUT2D eigenvalue weighted by atomic mass is 16.5. The molecule has 3 saturated heterocycles. The third-order valence-electron chi connectivity index (χ3n) is 7.13. The van der Waals surface area contributed by atoms with Gasteiger partial charge in [0.1, 0.15) is 5.75 Å². The quantitative estimate of drug-likeness (QED) is 0.780. The predicted molar refractivity (Wildman–Crippen MR) is 116 cm³/mol. The lowest BCUT2D eigenvalue weighted by Gasteiger charge is -2.56. The van der Waals surface area contributed by atoms with Crippen LogP contribution in [0.1, 0.15) is 36.8 Å². The summed E-state index contributed by atoms with van der Waals surface area (Å²) in [5, 5.41) is 0. The molecule has 3 fully saturated rings. The van der Waals surface area contributed by atoms with Crippen LogP contribution >= 0.6 is 0 Å². The fraction of sp³-hybridized carbons (Fsp3) is 0.542. The van der Waals surface area contributed by atoms with Gasteiger partial charge in [0, 0.05) is 44.0 Å². The van der Waals surface area contributed by atoms with E-state index in [2.05, 4.69) is 31.9 Å². The monoisotopic (exact) mass is 406 g/mol. The van der Waals surface area contributed by atoms with Crippen molar-refractivity contribution in [2.24, 2.45) is 11.8 Å². The van der Waals surface area contributed by atoms with E-state index in [9.17, 15) is 4.79 Å². The number of anilines is 1. The maximum atomic E-state index is 13.0. The van der Waals surface area contributed by atoms with E-state index in [0.717, 1.165) is 49.6 Å². The molecular weight excluding hydrogens is 376 g/mol. The molecule has 2 bridgehead atoms. The van der Waals surface area contributed by atoms with E-state index in [-0.39, 0.29) is 6.04 Å². The number of carbonyl (C=O) groups excluding carboxylic acids is 1. The number of fused-ring (bicyclic) bond motifs is 4. The summed E-state index contributed by atoms with van der Waals surface area (Å²) in [6, 6.07) is 8.85. The number of aryl methyl sites for hydroxylation is 1. The van der Waals surface area contributed by atoms with Crippen LogP contribution in [0.4, 0.5) is 5.95 Å². The minimum absolute atomic E-state index is 0.222. The zero-order valence-corrected chi connectivity index (χ0v) is 17.8. The molecule has 1 aromatic carbocycles. The molecule has 4 heterocycles. The molecule has 30 heavy (non-hydrogen) atoms. The Balaban J connectivity index is 1.46. The van der Waals surface area contributed by atoms with Crippen LogP contribution in [0.5, 0.6) is 5.75 Å². The Bertz CT molecular complexity index is 916. The second-order valence-corrected chi connectivity index (χ2v) is 9.10. The fourth-order valence-corrected chi connectivity index (χ4v) is 5.79. The molecule has 0 spiro atoms. The fourth-order valence-electron chi connectivity index (χ4n) is 5.79. The molecule has 0 N–H and O–H groups in total. The molecule has 4 atom stereocenters. The van der Waals surface area contributed by atoms with Crippen molar-refractivity contribution in [3.63, 3.8) is 0 Å². The first-order valence-corrected chi connectivity index (χ1v) is 11.1. The summed E-state index contributed by atoms with van der Waals surface area (Å²) in [7, 11) is 1.70. The molecule has 1 amide bonds. The van der Waals surface area contributed by atoms with Crippen molar-refractivity contribution in [3.05, 3.63) is 47.8 Å². The van der Waals surface area contributed by atoms with E-state index in [0.29, 0.717) is 30.2 Å². The number of nitrogens with zero attached hydrogens (tertiary/aromatic N) is 4. The van der Waals surface area contributed by atoms with Gasteiger partial charge in [-0.25, -0.2) is 9.97 Å². The number of rotatable bonds is 4. The van der Waals surface area contributed by atoms with Gasteiger partial charge in [0.15, 0.2) is 0 Å².